The SMILES string of the molecule is Fc1cc(NC(c2cccs2)c2cccs2)c(F)cc1Br. The minimum Gasteiger partial charge on any atom is -0.370 e. The van der Waals surface area contributed by atoms with Gasteiger partial charge in [0.2, 0.25) is 0 Å². The molecule has 0 spiro atoms. The molecule has 21 heavy (non-hydrogen) atoms. The smallest absolute Gasteiger partial charge is 0.147 e. The van der Waals surface area contributed by atoms with Crippen LogP contribution in [0.25, 0.3) is 0 Å². The molecule has 0 saturated heterocycles. The van der Waals surface area contributed by atoms with Crippen molar-refractivity contribution in [1.82, 2.24) is 0 Å². The Kier molecular flexibility index (Phi) is 4.37. The highest BCUT2D eigenvalue weighted by Gasteiger charge is 2.18. The standard InChI is InChI=1S/C15H10BrF2NS2/c16-9-7-11(18)12(8-10(9)17)19-15(13-3-1-5-20-13)14-4-2-6-21-14/h1-8,15,19H. The van der Waals surface area contributed by atoms with Gasteiger partial charge in [-0.2, -0.15) is 0 Å². The highest BCUT2D eigenvalue weighted by molar-refractivity contribution is 9.10. The average Bonchev–Trinajstić information content (AvgIpc) is 3.14. The Labute approximate surface area is 137 Å². The minimum absolute atomic E-state index is 0.120. The molecule has 0 amide bonds. The van der Waals surface area contributed by atoms with E-state index in [1.807, 2.05) is 35.0 Å². The molecule has 0 unspecified atom stereocenters. The lowest BCUT2D eigenvalue weighted by Gasteiger charge is -2.18. The number of rotatable bonds is 4. The van der Waals surface area contributed by atoms with Crippen molar-refractivity contribution in [3.05, 3.63) is 73.0 Å². The topological polar surface area (TPSA) is 12.0 Å². The lowest BCUT2D eigenvalue weighted by Crippen LogP contribution is -2.11. The van der Waals surface area contributed by atoms with Gasteiger partial charge in [-0.1, -0.05) is 12.1 Å². The quantitative estimate of drug-likeness (QED) is 0.538. The fourth-order valence-electron chi connectivity index (χ4n) is 1.98. The molecule has 108 valence electrons. The van der Waals surface area contributed by atoms with E-state index >= 15 is 0 Å². The van der Waals surface area contributed by atoms with Crippen LogP contribution < -0.4 is 5.32 Å². The first kappa shape index (κ1) is 14.7. The largest absolute Gasteiger partial charge is 0.370 e. The van der Waals surface area contributed by atoms with E-state index in [0.29, 0.717) is 0 Å². The molecule has 0 radical (unpaired) electrons. The first-order chi connectivity index (χ1) is 10.1. The highest BCUT2D eigenvalue weighted by atomic mass is 79.9. The number of anilines is 1. The lowest BCUT2D eigenvalue weighted by atomic mass is 10.2. The molecule has 0 bridgehead atoms. The van der Waals surface area contributed by atoms with Crippen LogP contribution in [0.3, 0.4) is 0 Å². The second kappa shape index (κ2) is 6.25. The molecular formula is C15H10BrF2NS2. The molecule has 3 rings (SSSR count). The summed E-state index contributed by atoms with van der Waals surface area (Å²) in [5.41, 5.74) is 0.155. The van der Waals surface area contributed by atoms with Crippen molar-refractivity contribution in [2.45, 2.75) is 6.04 Å². The van der Waals surface area contributed by atoms with Crippen LogP contribution in [-0.4, -0.2) is 0 Å². The van der Waals surface area contributed by atoms with Crippen LogP contribution in [0.5, 0.6) is 0 Å². The molecule has 1 N–H and O–H groups in total. The third-order valence-electron chi connectivity index (χ3n) is 2.97. The number of nitrogens with one attached hydrogen (secondary N) is 1. The second-order valence-corrected chi connectivity index (χ2v) is 7.17. The Bertz CT molecular complexity index is 692. The van der Waals surface area contributed by atoms with E-state index in [9.17, 15) is 8.78 Å². The summed E-state index contributed by atoms with van der Waals surface area (Å²) in [5.74, 6) is -0.976. The predicted molar refractivity (Wildman–Crippen MR) is 88.2 cm³/mol. The molecule has 0 aliphatic heterocycles. The van der Waals surface area contributed by atoms with Gasteiger partial charge in [0.15, 0.2) is 0 Å². The van der Waals surface area contributed by atoms with Gasteiger partial charge in [0.25, 0.3) is 0 Å². The van der Waals surface area contributed by atoms with Crippen LogP contribution in [0.4, 0.5) is 14.5 Å². The van der Waals surface area contributed by atoms with Gasteiger partial charge >= 0.3 is 0 Å². The van der Waals surface area contributed by atoms with Crippen LogP contribution in [0.1, 0.15) is 15.8 Å². The molecule has 0 aliphatic carbocycles. The molecular weight excluding hydrogens is 376 g/mol. The van der Waals surface area contributed by atoms with Crippen molar-refractivity contribution in [3.8, 4) is 0 Å². The van der Waals surface area contributed by atoms with Gasteiger partial charge in [0.1, 0.15) is 11.6 Å². The zero-order chi connectivity index (χ0) is 14.8. The number of hydrogen-bond acceptors (Lipinski definition) is 3. The Morgan fingerprint density at radius 1 is 0.952 bits per heavy atom. The Hall–Kier alpha value is -1.24. The number of thiophene rings is 2. The summed E-state index contributed by atoms with van der Waals surface area (Å²) >= 11 is 6.15. The van der Waals surface area contributed by atoms with Gasteiger partial charge in [-0.05, 0) is 44.9 Å². The molecule has 3 aromatic rings. The van der Waals surface area contributed by atoms with E-state index < -0.39 is 11.6 Å². The molecule has 2 heterocycles. The van der Waals surface area contributed by atoms with E-state index in [1.54, 1.807) is 22.7 Å². The Morgan fingerprint density at radius 3 is 2.10 bits per heavy atom. The first-order valence-corrected chi connectivity index (χ1v) is 8.68. The number of halogens is 3. The zero-order valence-corrected chi connectivity index (χ0v) is 13.9. The summed E-state index contributed by atoms with van der Waals surface area (Å²) in [4.78, 5) is 2.11. The maximum absolute atomic E-state index is 14.0. The number of benzene rings is 1. The third-order valence-corrected chi connectivity index (χ3v) is 5.45. The molecule has 2 aromatic heterocycles. The summed E-state index contributed by atoms with van der Waals surface area (Å²) in [7, 11) is 0. The maximum atomic E-state index is 14.0. The van der Waals surface area contributed by atoms with Gasteiger partial charge in [-0.25, -0.2) is 8.78 Å². The monoisotopic (exact) mass is 385 g/mol. The molecule has 1 aromatic carbocycles. The van der Waals surface area contributed by atoms with Crippen molar-refractivity contribution in [2.24, 2.45) is 0 Å². The van der Waals surface area contributed by atoms with E-state index in [0.717, 1.165) is 15.8 Å². The van der Waals surface area contributed by atoms with Gasteiger partial charge in [0.05, 0.1) is 16.2 Å². The van der Waals surface area contributed by atoms with E-state index in [2.05, 4.69) is 21.2 Å². The molecule has 0 fully saturated rings. The normalized spacial score (nSPS) is 11.0. The minimum atomic E-state index is -0.491. The maximum Gasteiger partial charge on any atom is 0.147 e. The van der Waals surface area contributed by atoms with Crippen LogP contribution in [-0.2, 0) is 0 Å². The number of hydrogen-bond donors (Lipinski definition) is 1. The molecule has 6 heteroatoms. The Morgan fingerprint density at radius 2 is 1.57 bits per heavy atom. The Balaban J connectivity index is 1.98. The van der Waals surface area contributed by atoms with Crippen molar-refractivity contribution in [1.29, 1.82) is 0 Å². The van der Waals surface area contributed by atoms with Gasteiger partial charge in [-0.15, -0.1) is 22.7 Å². The van der Waals surface area contributed by atoms with Crippen LogP contribution in [0.2, 0.25) is 0 Å². The summed E-state index contributed by atoms with van der Waals surface area (Å²) in [6, 6.07) is 9.98. The fourth-order valence-corrected chi connectivity index (χ4v) is 3.96. The molecule has 0 aliphatic rings. The first-order valence-electron chi connectivity index (χ1n) is 6.13. The third kappa shape index (κ3) is 3.17. The zero-order valence-electron chi connectivity index (χ0n) is 10.6. The van der Waals surface area contributed by atoms with E-state index in [1.165, 1.54) is 6.07 Å². The lowest BCUT2D eigenvalue weighted by molar-refractivity contribution is 0.595. The fraction of sp³-hybridized carbons (Fsp3) is 0.0667. The molecule has 0 saturated carbocycles. The molecule has 1 nitrogen and oxygen atoms in total. The summed E-state index contributed by atoms with van der Waals surface area (Å²) < 4.78 is 27.8. The summed E-state index contributed by atoms with van der Waals surface area (Å²) in [6.07, 6.45) is 0. The van der Waals surface area contributed by atoms with Crippen LogP contribution in [0.15, 0.2) is 51.6 Å². The van der Waals surface area contributed by atoms with Gasteiger partial charge in [-0.3, -0.25) is 0 Å². The average molecular weight is 386 g/mol. The van der Waals surface area contributed by atoms with Crippen molar-refractivity contribution >= 4 is 44.3 Å². The van der Waals surface area contributed by atoms with Crippen LogP contribution >= 0.6 is 38.6 Å². The summed E-state index contributed by atoms with van der Waals surface area (Å²) in [5, 5.41) is 7.04. The van der Waals surface area contributed by atoms with E-state index in [4.69, 9.17) is 0 Å². The van der Waals surface area contributed by atoms with Crippen molar-refractivity contribution in [2.75, 3.05) is 5.32 Å². The van der Waals surface area contributed by atoms with Crippen LogP contribution in [0, 0.1) is 11.6 Å². The highest BCUT2D eigenvalue weighted by Crippen LogP contribution is 2.34. The van der Waals surface area contributed by atoms with E-state index in [-0.39, 0.29) is 16.2 Å². The van der Waals surface area contributed by atoms with Crippen molar-refractivity contribution < 1.29 is 8.78 Å². The second-order valence-electron chi connectivity index (χ2n) is 4.35. The van der Waals surface area contributed by atoms with Gasteiger partial charge < -0.3 is 5.32 Å². The predicted octanol–water partition coefficient (Wildman–Crippen LogP) is 6.05. The molecule has 0 atom stereocenters. The van der Waals surface area contributed by atoms with Gasteiger partial charge in [0, 0.05) is 15.8 Å². The summed E-state index contributed by atoms with van der Waals surface area (Å²) in [6.45, 7) is 0. The van der Waals surface area contributed by atoms with Crippen molar-refractivity contribution in [3.63, 3.8) is 0 Å².